The van der Waals surface area contributed by atoms with Crippen molar-refractivity contribution in [3.8, 4) is 0 Å². The predicted molar refractivity (Wildman–Crippen MR) is 71.6 cm³/mol. The molecule has 0 aliphatic rings. The quantitative estimate of drug-likeness (QED) is 0.828. The molecular formula is C15H23NO. The minimum absolute atomic E-state index is 0.0355. The molecule has 2 heteroatoms. The first-order chi connectivity index (χ1) is 8.00. The molecule has 1 N–H and O–H groups in total. The van der Waals surface area contributed by atoms with Gasteiger partial charge in [0.2, 0.25) is 5.91 Å². The maximum absolute atomic E-state index is 11.8. The molecule has 1 atom stereocenters. The zero-order valence-corrected chi connectivity index (χ0v) is 11.2. The number of carbonyl (C=O) groups is 1. The molecule has 0 heterocycles. The summed E-state index contributed by atoms with van der Waals surface area (Å²) in [6.07, 6.45) is 0.975. The molecule has 1 aromatic carbocycles. The average molecular weight is 233 g/mol. The maximum atomic E-state index is 11.8. The van der Waals surface area contributed by atoms with E-state index < -0.39 is 0 Å². The van der Waals surface area contributed by atoms with Crippen LogP contribution < -0.4 is 5.32 Å². The maximum Gasteiger partial charge on any atom is 0.223 e. The Kier molecular flexibility index (Phi) is 5.20. The molecule has 0 aliphatic heterocycles. The molecule has 0 radical (unpaired) electrons. The molecule has 1 aromatic rings. The highest BCUT2D eigenvalue weighted by atomic mass is 16.1. The Morgan fingerprint density at radius 1 is 1.12 bits per heavy atom. The Balaban J connectivity index is 2.78. The lowest BCUT2D eigenvalue weighted by molar-refractivity contribution is -0.124. The van der Waals surface area contributed by atoms with Gasteiger partial charge in [-0.2, -0.15) is 0 Å². The number of hydrogen-bond acceptors (Lipinski definition) is 1. The molecule has 0 fully saturated rings. The van der Waals surface area contributed by atoms with Crippen LogP contribution in [0.15, 0.2) is 30.3 Å². The first-order valence-corrected chi connectivity index (χ1v) is 6.36. The minimum atomic E-state index is 0.0355. The van der Waals surface area contributed by atoms with E-state index in [1.165, 1.54) is 5.56 Å². The average Bonchev–Trinajstić information content (AvgIpc) is 2.28. The van der Waals surface area contributed by atoms with Crippen molar-refractivity contribution in [3.05, 3.63) is 35.9 Å². The second-order valence-electron chi connectivity index (χ2n) is 5.26. The monoisotopic (exact) mass is 233 g/mol. The molecule has 1 rings (SSSR count). The topological polar surface area (TPSA) is 29.1 Å². The summed E-state index contributed by atoms with van der Waals surface area (Å²) in [4.78, 5) is 11.8. The third-order valence-electron chi connectivity index (χ3n) is 2.75. The minimum Gasteiger partial charge on any atom is -0.349 e. The van der Waals surface area contributed by atoms with Gasteiger partial charge in [0.15, 0.2) is 0 Å². The van der Waals surface area contributed by atoms with Crippen LogP contribution in [0, 0.1) is 11.8 Å². The zero-order chi connectivity index (χ0) is 12.8. The molecule has 1 amide bonds. The summed E-state index contributed by atoms with van der Waals surface area (Å²) < 4.78 is 0. The fraction of sp³-hybridized carbons (Fsp3) is 0.533. The van der Waals surface area contributed by atoms with E-state index in [0.29, 0.717) is 5.92 Å². The standard InChI is InChI=1S/C15H23NO/c1-11(2)10-14(16-15(17)12(3)4)13-8-6-5-7-9-13/h5-9,11-12,14H,10H2,1-4H3,(H,16,17)/t14-/m0/s1. The lowest BCUT2D eigenvalue weighted by Crippen LogP contribution is -2.32. The van der Waals surface area contributed by atoms with Gasteiger partial charge >= 0.3 is 0 Å². The zero-order valence-electron chi connectivity index (χ0n) is 11.2. The first kappa shape index (κ1) is 13.8. The Morgan fingerprint density at radius 3 is 2.18 bits per heavy atom. The fourth-order valence-corrected chi connectivity index (χ4v) is 1.77. The number of rotatable bonds is 5. The van der Waals surface area contributed by atoms with Gasteiger partial charge in [0.05, 0.1) is 6.04 Å². The summed E-state index contributed by atoms with van der Waals surface area (Å²) >= 11 is 0. The molecule has 0 saturated heterocycles. The SMILES string of the molecule is CC(C)C[C@H](NC(=O)C(C)C)c1ccccc1. The molecule has 0 aromatic heterocycles. The number of benzene rings is 1. The van der Waals surface area contributed by atoms with Crippen molar-refractivity contribution in [3.63, 3.8) is 0 Å². The van der Waals surface area contributed by atoms with Crippen LogP contribution in [0.4, 0.5) is 0 Å². The summed E-state index contributed by atoms with van der Waals surface area (Å²) in [5.74, 6) is 0.723. The molecule has 0 unspecified atom stereocenters. The van der Waals surface area contributed by atoms with E-state index in [-0.39, 0.29) is 17.9 Å². The van der Waals surface area contributed by atoms with Crippen LogP contribution in [-0.2, 0) is 4.79 Å². The second-order valence-corrected chi connectivity index (χ2v) is 5.26. The van der Waals surface area contributed by atoms with Crippen molar-refractivity contribution in [2.75, 3.05) is 0 Å². The molecule has 94 valence electrons. The van der Waals surface area contributed by atoms with E-state index in [1.54, 1.807) is 0 Å². The highest BCUT2D eigenvalue weighted by Crippen LogP contribution is 2.21. The van der Waals surface area contributed by atoms with Crippen LogP contribution in [0.2, 0.25) is 0 Å². The largest absolute Gasteiger partial charge is 0.349 e. The number of nitrogens with one attached hydrogen (secondary N) is 1. The normalized spacial score (nSPS) is 12.8. The van der Waals surface area contributed by atoms with Gasteiger partial charge in [0, 0.05) is 5.92 Å². The Morgan fingerprint density at radius 2 is 1.71 bits per heavy atom. The number of amides is 1. The van der Waals surface area contributed by atoms with Crippen molar-refractivity contribution in [1.82, 2.24) is 5.32 Å². The van der Waals surface area contributed by atoms with Crippen LogP contribution in [0.25, 0.3) is 0 Å². The van der Waals surface area contributed by atoms with Crippen molar-refractivity contribution >= 4 is 5.91 Å². The smallest absolute Gasteiger partial charge is 0.223 e. The lowest BCUT2D eigenvalue weighted by Gasteiger charge is -2.22. The van der Waals surface area contributed by atoms with Gasteiger partial charge in [-0.1, -0.05) is 58.0 Å². The van der Waals surface area contributed by atoms with Gasteiger partial charge in [0.25, 0.3) is 0 Å². The van der Waals surface area contributed by atoms with Crippen molar-refractivity contribution in [2.24, 2.45) is 11.8 Å². The second kappa shape index (κ2) is 6.43. The summed E-state index contributed by atoms with van der Waals surface area (Å²) in [5, 5.41) is 3.13. The Labute approximate surface area is 104 Å². The third-order valence-corrected chi connectivity index (χ3v) is 2.75. The fourth-order valence-electron chi connectivity index (χ4n) is 1.77. The van der Waals surface area contributed by atoms with Gasteiger partial charge in [-0.3, -0.25) is 4.79 Å². The molecule has 0 saturated carbocycles. The Hall–Kier alpha value is -1.31. The van der Waals surface area contributed by atoms with E-state index in [4.69, 9.17) is 0 Å². The molecule has 0 spiro atoms. The first-order valence-electron chi connectivity index (χ1n) is 6.36. The van der Waals surface area contributed by atoms with E-state index >= 15 is 0 Å². The van der Waals surface area contributed by atoms with Gasteiger partial charge in [0.1, 0.15) is 0 Å². The van der Waals surface area contributed by atoms with Gasteiger partial charge < -0.3 is 5.32 Å². The molecule has 0 bridgehead atoms. The molecule has 17 heavy (non-hydrogen) atoms. The highest BCUT2D eigenvalue weighted by molar-refractivity contribution is 5.78. The van der Waals surface area contributed by atoms with Crippen molar-refractivity contribution in [1.29, 1.82) is 0 Å². The molecule has 0 aliphatic carbocycles. The van der Waals surface area contributed by atoms with E-state index in [9.17, 15) is 4.79 Å². The van der Waals surface area contributed by atoms with Crippen LogP contribution in [-0.4, -0.2) is 5.91 Å². The lowest BCUT2D eigenvalue weighted by atomic mass is 9.96. The summed E-state index contributed by atoms with van der Waals surface area (Å²) in [6.45, 7) is 8.20. The van der Waals surface area contributed by atoms with E-state index in [0.717, 1.165) is 6.42 Å². The predicted octanol–water partition coefficient (Wildman–Crippen LogP) is 3.55. The number of carbonyl (C=O) groups excluding carboxylic acids is 1. The van der Waals surface area contributed by atoms with Crippen LogP contribution >= 0.6 is 0 Å². The number of hydrogen-bond donors (Lipinski definition) is 1. The van der Waals surface area contributed by atoms with Crippen LogP contribution in [0.5, 0.6) is 0 Å². The van der Waals surface area contributed by atoms with Gasteiger partial charge in [-0.05, 0) is 17.9 Å². The van der Waals surface area contributed by atoms with Gasteiger partial charge in [-0.15, -0.1) is 0 Å². The van der Waals surface area contributed by atoms with E-state index in [2.05, 4.69) is 31.3 Å². The highest BCUT2D eigenvalue weighted by Gasteiger charge is 2.17. The van der Waals surface area contributed by atoms with E-state index in [1.807, 2.05) is 32.0 Å². The summed E-state index contributed by atoms with van der Waals surface area (Å²) in [7, 11) is 0. The van der Waals surface area contributed by atoms with Crippen molar-refractivity contribution in [2.45, 2.75) is 40.2 Å². The molecule has 2 nitrogen and oxygen atoms in total. The summed E-state index contributed by atoms with van der Waals surface area (Å²) in [5.41, 5.74) is 1.19. The third kappa shape index (κ3) is 4.59. The van der Waals surface area contributed by atoms with Crippen LogP contribution in [0.1, 0.15) is 45.7 Å². The van der Waals surface area contributed by atoms with Crippen molar-refractivity contribution < 1.29 is 4.79 Å². The summed E-state index contributed by atoms with van der Waals surface area (Å²) in [6, 6.07) is 10.3. The van der Waals surface area contributed by atoms with Gasteiger partial charge in [-0.25, -0.2) is 0 Å². The molecular weight excluding hydrogens is 210 g/mol. The Bertz CT molecular complexity index is 343. The van der Waals surface area contributed by atoms with Crippen LogP contribution in [0.3, 0.4) is 0 Å².